The molecule has 2 aromatic carbocycles. The first-order chi connectivity index (χ1) is 22.5. The van der Waals surface area contributed by atoms with Crippen molar-refractivity contribution >= 4 is 52.4 Å². The lowest BCUT2D eigenvalue weighted by atomic mass is 9.96. The number of carbonyl (C=O) groups excluding carboxylic acids is 3. The highest BCUT2D eigenvalue weighted by molar-refractivity contribution is 6.32. The number of para-hydroxylation sites is 2. The summed E-state index contributed by atoms with van der Waals surface area (Å²) in [6.45, 7) is 12.0. The summed E-state index contributed by atoms with van der Waals surface area (Å²) in [4.78, 5) is 46.2. The number of amides is 3. The van der Waals surface area contributed by atoms with Gasteiger partial charge in [-0.2, -0.15) is 13.2 Å². The fraction of sp³-hybridized carbons (Fsp3) is 0.382. The molecule has 258 valence electrons. The van der Waals surface area contributed by atoms with Gasteiger partial charge >= 0.3 is 12.3 Å². The van der Waals surface area contributed by atoms with Crippen molar-refractivity contribution in [2.75, 3.05) is 28.6 Å². The van der Waals surface area contributed by atoms with Crippen LogP contribution in [0, 0.1) is 0 Å². The van der Waals surface area contributed by atoms with Crippen LogP contribution in [-0.4, -0.2) is 46.6 Å². The SMILES string of the molecule is C=CC(=O)Nc1ccccc1Nc1nc(C(C)CCc2ccc(N(CCCNC(=O)OC(C)(C)C)C(C)=O)cc2C(F)(F)F)ncc1Cl. The van der Waals surface area contributed by atoms with Crippen LogP contribution in [0.25, 0.3) is 0 Å². The maximum absolute atomic E-state index is 14.3. The lowest BCUT2D eigenvalue weighted by Gasteiger charge is -2.24. The molecule has 0 radical (unpaired) electrons. The van der Waals surface area contributed by atoms with Gasteiger partial charge in [-0.15, -0.1) is 0 Å². The second-order valence-electron chi connectivity index (χ2n) is 12.0. The van der Waals surface area contributed by atoms with Gasteiger partial charge in [-0.1, -0.05) is 43.3 Å². The van der Waals surface area contributed by atoms with Crippen molar-refractivity contribution in [3.05, 3.63) is 83.3 Å². The minimum absolute atomic E-state index is 0.0569. The molecule has 3 N–H and O–H groups in total. The van der Waals surface area contributed by atoms with Gasteiger partial charge in [0.25, 0.3) is 0 Å². The van der Waals surface area contributed by atoms with Crippen molar-refractivity contribution < 1.29 is 32.3 Å². The van der Waals surface area contributed by atoms with E-state index in [2.05, 4.69) is 32.5 Å². The molecule has 0 aliphatic heterocycles. The molecule has 1 aromatic heterocycles. The number of carbonyl (C=O) groups is 3. The number of aryl methyl sites for hydroxylation is 1. The molecule has 0 aliphatic rings. The summed E-state index contributed by atoms with van der Waals surface area (Å²) in [5.74, 6) is -0.565. The molecule has 3 rings (SSSR count). The van der Waals surface area contributed by atoms with Crippen LogP contribution >= 0.6 is 11.6 Å². The lowest BCUT2D eigenvalue weighted by Crippen LogP contribution is -2.35. The van der Waals surface area contributed by atoms with Crippen LogP contribution < -0.4 is 20.9 Å². The fourth-order valence-electron chi connectivity index (χ4n) is 4.64. The number of hydrogen-bond donors (Lipinski definition) is 3. The highest BCUT2D eigenvalue weighted by Gasteiger charge is 2.34. The van der Waals surface area contributed by atoms with Gasteiger partial charge in [0.05, 0.1) is 23.1 Å². The molecule has 10 nitrogen and oxygen atoms in total. The average Bonchev–Trinajstić information content (AvgIpc) is 3.00. The Morgan fingerprint density at radius 3 is 2.42 bits per heavy atom. The van der Waals surface area contributed by atoms with E-state index in [0.717, 1.165) is 12.1 Å². The van der Waals surface area contributed by atoms with Gasteiger partial charge in [0.1, 0.15) is 16.4 Å². The van der Waals surface area contributed by atoms with Crippen molar-refractivity contribution in [3.8, 4) is 0 Å². The Hall–Kier alpha value is -4.65. The van der Waals surface area contributed by atoms with Gasteiger partial charge in [0.15, 0.2) is 5.82 Å². The normalized spacial score (nSPS) is 12.1. The number of alkyl halides is 3. The van der Waals surface area contributed by atoms with E-state index in [1.54, 1.807) is 52.0 Å². The summed E-state index contributed by atoms with van der Waals surface area (Å²) in [6, 6.07) is 10.7. The first-order valence-electron chi connectivity index (χ1n) is 15.3. The first kappa shape index (κ1) is 37.8. The summed E-state index contributed by atoms with van der Waals surface area (Å²) >= 11 is 6.35. The molecule has 0 saturated carbocycles. The van der Waals surface area contributed by atoms with E-state index in [9.17, 15) is 27.6 Å². The molecule has 3 aromatic rings. The van der Waals surface area contributed by atoms with Gasteiger partial charge in [-0.3, -0.25) is 9.59 Å². The van der Waals surface area contributed by atoms with E-state index in [-0.39, 0.29) is 53.9 Å². The van der Waals surface area contributed by atoms with Crippen LogP contribution in [0.1, 0.15) is 70.3 Å². The zero-order valence-electron chi connectivity index (χ0n) is 27.5. The maximum Gasteiger partial charge on any atom is 0.416 e. The molecular formula is C34H40ClF3N6O4. The molecule has 14 heteroatoms. The molecule has 0 saturated heterocycles. The first-order valence-corrected chi connectivity index (χ1v) is 15.6. The van der Waals surface area contributed by atoms with Crippen molar-refractivity contribution in [1.29, 1.82) is 0 Å². The monoisotopic (exact) mass is 688 g/mol. The second kappa shape index (κ2) is 16.4. The molecular weight excluding hydrogens is 649 g/mol. The Bertz CT molecular complexity index is 1630. The fourth-order valence-corrected chi connectivity index (χ4v) is 4.78. The summed E-state index contributed by atoms with van der Waals surface area (Å²) in [5.41, 5.74) is -0.373. The van der Waals surface area contributed by atoms with Crippen molar-refractivity contribution in [1.82, 2.24) is 15.3 Å². The molecule has 1 heterocycles. The highest BCUT2D eigenvalue weighted by Crippen LogP contribution is 2.36. The maximum atomic E-state index is 14.3. The third-order valence-electron chi connectivity index (χ3n) is 6.99. The Morgan fingerprint density at radius 1 is 1.10 bits per heavy atom. The van der Waals surface area contributed by atoms with Gasteiger partial charge < -0.3 is 25.6 Å². The third-order valence-corrected chi connectivity index (χ3v) is 7.27. The van der Waals surface area contributed by atoms with Gasteiger partial charge in [-0.05, 0) is 75.9 Å². The van der Waals surface area contributed by atoms with Crippen LogP contribution in [0.4, 0.5) is 40.8 Å². The van der Waals surface area contributed by atoms with Crippen LogP contribution in [0.3, 0.4) is 0 Å². The summed E-state index contributed by atoms with van der Waals surface area (Å²) in [7, 11) is 0. The Balaban J connectivity index is 1.73. The van der Waals surface area contributed by atoms with Crippen molar-refractivity contribution in [2.24, 2.45) is 0 Å². The average molecular weight is 689 g/mol. The molecule has 0 aliphatic carbocycles. The van der Waals surface area contributed by atoms with E-state index in [1.165, 1.54) is 30.2 Å². The molecule has 3 amide bonds. The smallest absolute Gasteiger partial charge is 0.416 e. The van der Waals surface area contributed by atoms with Crippen LogP contribution in [0.5, 0.6) is 0 Å². The molecule has 1 unspecified atom stereocenters. The van der Waals surface area contributed by atoms with Gasteiger partial charge in [-0.25, -0.2) is 14.8 Å². The van der Waals surface area contributed by atoms with Crippen LogP contribution in [-0.2, 0) is 26.9 Å². The van der Waals surface area contributed by atoms with Crippen molar-refractivity contribution in [2.45, 2.75) is 71.6 Å². The Kier molecular flexibility index (Phi) is 13.0. The number of anilines is 4. The summed E-state index contributed by atoms with van der Waals surface area (Å²) < 4.78 is 48.0. The largest absolute Gasteiger partial charge is 0.444 e. The molecule has 48 heavy (non-hydrogen) atoms. The number of alkyl carbamates (subject to hydrolysis) is 1. The molecule has 1 atom stereocenters. The molecule has 0 bridgehead atoms. The second-order valence-corrected chi connectivity index (χ2v) is 12.4. The van der Waals surface area contributed by atoms with E-state index < -0.39 is 35.2 Å². The lowest BCUT2D eigenvalue weighted by molar-refractivity contribution is -0.138. The topological polar surface area (TPSA) is 126 Å². The number of nitrogens with zero attached hydrogens (tertiary/aromatic N) is 3. The third kappa shape index (κ3) is 11.3. The quantitative estimate of drug-likeness (QED) is 0.123. The number of aromatic nitrogens is 2. The van der Waals surface area contributed by atoms with Crippen molar-refractivity contribution in [3.63, 3.8) is 0 Å². The Morgan fingerprint density at radius 2 is 1.79 bits per heavy atom. The Labute approximate surface area is 283 Å². The van der Waals surface area contributed by atoms with E-state index in [0.29, 0.717) is 23.6 Å². The highest BCUT2D eigenvalue weighted by atomic mass is 35.5. The number of nitrogens with one attached hydrogen (secondary N) is 3. The number of halogens is 4. The number of rotatable bonds is 13. The van der Waals surface area contributed by atoms with Gasteiger partial charge in [0.2, 0.25) is 11.8 Å². The van der Waals surface area contributed by atoms with E-state index in [1.807, 2.05) is 0 Å². The predicted molar refractivity (Wildman–Crippen MR) is 181 cm³/mol. The minimum atomic E-state index is -4.67. The zero-order valence-corrected chi connectivity index (χ0v) is 28.3. The van der Waals surface area contributed by atoms with Crippen LogP contribution in [0.15, 0.2) is 61.3 Å². The molecule has 0 spiro atoms. The standard InChI is InChI=1S/C34H40ClF3N6O4/c1-7-29(46)41-27-11-8-9-12-28(27)42-31-26(35)20-40-30(43-31)21(2)13-14-23-15-16-24(19-25(23)34(36,37)38)44(22(3)45)18-10-17-39-32(47)48-33(4,5)6/h7-9,11-12,15-16,19-21H,1,10,13-14,17-18H2,2-6H3,(H,39,47)(H,41,46)(H,40,42,43). The zero-order chi connectivity index (χ0) is 35.6. The van der Waals surface area contributed by atoms with Crippen LogP contribution in [0.2, 0.25) is 5.02 Å². The predicted octanol–water partition coefficient (Wildman–Crippen LogP) is 8.02. The minimum Gasteiger partial charge on any atom is -0.444 e. The van der Waals surface area contributed by atoms with E-state index >= 15 is 0 Å². The van der Waals surface area contributed by atoms with E-state index in [4.69, 9.17) is 16.3 Å². The number of ether oxygens (including phenoxy) is 1. The summed E-state index contributed by atoms with van der Waals surface area (Å²) in [5, 5.41) is 8.57. The molecule has 0 fully saturated rings. The summed E-state index contributed by atoms with van der Waals surface area (Å²) in [6.07, 6.45) is -2.11. The number of hydrogen-bond acceptors (Lipinski definition) is 7. The number of benzene rings is 2. The van der Waals surface area contributed by atoms with Gasteiger partial charge in [0, 0.05) is 31.6 Å².